The standard InChI is InChI=1S/C11H16N6O4S/c1-22(19,20)16-3-7-6(18)2-8(21-7)17-5-15-9-10(12)13-4-14-11(9)17/h4-8,16,18H,2-3H2,1H3,(H2,12,13,14)/t6-,7+,8+/m0/s1. The first-order chi connectivity index (χ1) is 10.3. The molecule has 11 heteroatoms. The molecule has 120 valence electrons. The van der Waals surface area contributed by atoms with Crippen LogP contribution in [0, 0.1) is 0 Å². The Morgan fingerprint density at radius 2 is 2.27 bits per heavy atom. The first kappa shape index (κ1) is 15.1. The molecule has 0 spiro atoms. The summed E-state index contributed by atoms with van der Waals surface area (Å²) in [5.74, 6) is 0.262. The Hall–Kier alpha value is -1.82. The normalized spacial score (nSPS) is 25.8. The summed E-state index contributed by atoms with van der Waals surface area (Å²) in [6, 6.07) is 0. The molecule has 1 aliphatic rings. The number of nitrogens with zero attached hydrogens (tertiary/aromatic N) is 4. The third-order valence-electron chi connectivity index (χ3n) is 3.45. The number of sulfonamides is 1. The van der Waals surface area contributed by atoms with Crippen molar-refractivity contribution in [3.05, 3.63) is 12.7 Å². The number of aliphatic hydroxyl groups excluding tert-OH is 1. The number of ether oxygens (including phenoxy) is 1. The summed E-state index contributed by atoms with van der Waals surface area (Å²) < 4.78 is 31.9. The highest BCUT2D eigenvalue weighted by Gasteiger charge is 2.36. The minimum atomic E-state index is -3.34. The van der Waals surface area contributed by atoms with Crippen LogP contribution < -0.4 is 10.5 Å². The molecule has 22 heavy (non-hydrogen) atoms. The Morgan fingerprint density at radius 3 is 3.00 bits per heavy atom. The van der Waals surface area contributed by atoms with Crippen molar-refractivity contribution in [1.82, 2.24) is 24.2 Å². The summed E-state index contributed by atoms with van der Waals surface area (Å²) in [6.45, 7) is 0.000251. The van der Waals surface area contributed by atoms with Crippen LogP contribution in [0.25, 0.3) is 11.2 Å². The number of nitrogens with one attached hydrogen (secondary N) is 1. The van der Waals surface area contributed by atoms with E-state index >= 15 is 0 Å². The fourth-order valence-electron chi connectivity index (χ4n) is 2.38. The molecule has 2 aromatic heterocycles. The van der Waals surface area contributed by atoms with Gasteiger partial charge in [0.1, 0.15) is 18.1 Å². The maximum Gasteiger partial charge on any atom is 0.208 e. The zero-order chi connectivity index (χ0) is 15.9. The number of aliphatic hydroxyl groups is 1. The summed E-state index contributed by atoms with van der Waals surface area (Å²) >= 11 is 0. The molecule has 10 nitrogen and oxygen atoms in total. The maximum absolute atomic E-state index is 11.1. The van der Waals surface area contributed by atoms with Gasteiger partial charge in [-0.3, -0.25) is 4.57 Å². The van der Waals surface area contributed by atoms with E-state index in [1.807, 2.05) is 0 Å². The van der Waals surface area contributed by atoms with Gasteiger partial charge in [-0.15, -0.1) is 0 Å². The van der Waals surface area contributed by atoms with Crippen LogP contribution in [0.1, 0.15) is 12.6 Å². The van der Waals surface area contributed by atoms with Gasteiger partial charge < -0.3 is 15.6 Å². The molecule has 0 bridgehead atoms. The lowest BCUT2D eigenvalue weighted by atomic mass is 10.2. The highest BCUT2D eigenvalue weighted by atomic mass is 32.2. The minimum absolute atomic E-state index is 0.000251. The molecule has 0 radical (unpaired) electrons. The van der Waals surface area contributed by atoms with Crippen molar-refractivity contribution in [1.29, 1.82) is 0 Å². The lowest BCUT2D eigenvalue weighted by Gasteiger charge is -2.15. The van der Waals surface area contributed by atoms with Gasteiger partial charge in [0.25, 0.3) is 0 Å². The van der Waals surface area contributed by atoms with Gasteiger partial charge in [0, 0.05) is 13.0 Å². The molecule has 0 aliphatic carbocycles. The second kappa shape index (κ2) is 5.43. The topological polar surface area (TPSA) is 145 Å². The van der Waals surface area contributed by atoms with Crippen molar-refractivity contribution >= 4 is 27.0 Å². The van der Waals surface area contributed by atoms with Crippen molar-refractivity contribution in [2.45, 2.75) is 24.9 Å². The Morgan fingerprint density at radius 1 is 1.50 bits per heavy atom. The molecule has 3 atom stereocenters. The lowest BCUT2D eigenvalue weighted by molar-refractivity contribution is -0.0132. The van der Waals surface area contributed by atoms with Crippen LogP contribution in [-0.2, 0) is 14.8 Å². The molecular weight excluding hydrogens is 312 g/mol. The number of hydrogen-bond donors (Lipinski definition) is 3. The van der Waals surface area contributed by atoms with Crippen molar-refractivity contribution in [2.75, 3.05) is 18.5 Å². The Kier molecular flexibility index (Phi) is 3.72. The van der Waals surface area contributed by atoms with Gasteiger partial charge >= 0.3 is 0 Å². The second-order valence-corrected chi connectivity index (χ2v) is 6.97. The van der Waals surface area contributed by atoms with E-state index in [1.165, 1.54) is 12.7 Å². The van der Waals surface area contributed by atoms with Gasteiger partial charge in [-0.25, -0.2) is 28.1 Å². The average Bonchev–Trinajstić information content (AvgIpc) is 3.00. The van der Waals surface area contributed by atoms with E-state index in [2.05, 4.69) is 19.7 Å². The van der Waals surface area contributed by atoms with E-state index in [4.69, 9.17) is 10.5 Å². The molecule has 3 rings (SSSR count). The van der Waals surface area contributed by atoms with E-state index in [0.29, 0.717) is 17.6 Å². The monoisotopic (exact) mass is 328 g/mol. The first-order valence-corrected chi connectivity index (χ1v) is 8.45. The Bertz CT molecular complexity index is 791. The van der Waals surface area contributed by atoms with Crippen molar-refractivity contribution in [3.63, 3.8) is 0 Å². The van der Waals surface area contributed by atoms with E-state index in [-0.39, 0.29) is 12.4 Å². The van der Waals surface area contributed by atoms with E-state index in [9.17, 15) is 13.5 Å². The number of nitrogens with two attached hydrogens (primary N) is 1. The molecule has 0 aromatic carbocycles. The van der Waals surface area contributed by atoms with Crippen molar-refractivity contribution in [2.24, 2.45) is 0 Å². The number of fused-ring (bicyclic) bond motifs is 1. The van der Waals surface area contributed by atoms with Crippen LogP contribution in [0.2, 0.25) is 0 Å². The van der Waals surface area contributed by atoms with Crippen LogP contribution in [0.3, 0.4) is 0 Å². The van der Waals surface area contributed by atoms with Gasteiger partial charge in [0.05, 0.1) is 24.8 Å². The van der Waals surface area contributed by atoms with Crippen LogP contribution in [0.15, 0.2) is 12.7 Å². The predicted octanol–water partition coefficient (Wildman–Crippen LogP) is -1.39. The molecule has 1 aliphatic heterocycles. The number of rotatable bonds is 4. The van der Waals surface area contributed by atoms with Gasteiger partial charge in [0.15, 0.2) is 11.5 Å². The third-order valence-corrected chi connectivity index (χ3v) is 4.14. The molecule has 1 saturated heterocycles. The fourth-order valence-corrected chi connectivity index (χ4v) is 2.85. The molecule has 4 N–H and O–H groups in total. The van der Waals surface area contributed by atoms with Gasteiger partial charge in [-0.05, 0) is 0 Å². The lowest BCUT2D eigenvalue weighted by Crippen LogP contribution is -2.36. The highest BCUT2D eigenvalue weighted by molar-refractivity contribution is 7.88. The van der Waals surface area contributed by atoms with Crippen LogP contribution in [0.5, 0.6) is 0 Å². The minimum Gasteiger partial charge on any atom is -0.390 e. The molecule has 2 aromatic rings. The van der Waals surface area contributed by atoms with Crippen LogP contribution in [0.4, 0.5) is 5.82 Å². The predicted molar refractivity (Wildman–Crippen MR) is 77.1 cm³/mol. The van der Waals surface area contributed by atoms with Crippen molar-refractivity contribution < 1.29 is 18.3 Å². The number of anilines is 1. The van der Waals surface area contributed by atoms with Gasteiger partial charge in [-0.2, -0.15) is 0 Å². The summed E-state index contributed by atoms with van der Waals surface area (Å²) in [6.07, 6.45) is 2.25. The average molecular weight is 328 g/mol. The van der Waals surface area contributed by atoms with E-state index in [0.717, 1.165) is 6.26 Å². The van der Waals surface area contributed by atoms with E-state index in [1.54, 1.807) is 4.57 Å². The molecule has 1 fully saturated rings. The number of imidazole rings is 1. The van der Waals surface area contributed by atoms with Crippen molar-refractivity contribution in [3.8, 4) is 0 Å². The summed E-state index contributed by atoms with van der Waals surface area (Å²) in [4.78, 5) is 12.1. The summed E-state index contributed by atoms with van der Waals surface area (Å²) in [5, 5.41) is 10.0. The second-order valence-electron chi connectivity index (χ2n) is 5.14. The molecule has 0 unspecified atom stereocenters. The molecule has 0 saturated carbocycles. The SMILES string of the molecule is CS(=O)(=O)NC[C@H]1O[C@@H](n2cnc3c(N)ncnc32)C[C@@H]1O. The van der Waals surface area contributed by atoms with E-state index < -0.39 is 28.5 Å². The third kappa shape index (κ3) is 2.88. The number of nitrogen functional groups attached to an aromatic ring is 1. The Balaban J connectivity index is 1.80. The number of aromatic nitrogens is 4. The molecular formula is C11H16N6O4S. The smallest absolute Gasteiger partial charge is 0.208 e. The Labute approximate surface area is 126 Å². The molecule has 0 amide bonds. The quantitative estimate of drug-likeness (QED) is 0.621. The summed E-state index contributed by atoms with van der Waals surface area (Å²) in [5.41, 5.74) is 6.68. The van der Waals surface area contributed by atoms with Gasteiger partial charge in [0.2, 0.25) is 10.0 Å². The molecule has 3 heterocycles. The fraction of sp³-hybridized carbons (Fsp3) is 0.545. The van der Waals surface area contributed by atoms with Crippen LogP contribution >= 0.6 is 0 Å². The maximum atomic E-state index is 11.1. The number of hydrogen-bond acceptors (Lipinski definition) is 8. The van der Waals surface area contributed by atoms with Crippen LogP contribution in [-0.4, -0.2) is 58.1 Å². The zero-order valence-electron chi connectivity index (χ0n) is 11.7. The highest BCUT2D eigenvalue weighted by Crippen LogP contribution is 2.31. The zero-order valence-corrected chi connectivity index (χ0v) is 12.6. The first-order valence-electron chi connectivity index (χ1n) is 6.56. The van der Waals surface area contributed by atoms with Gasteiger partial charge in [-0.1, -0.05) is 0 Å². The summed E-state index contributed by atoms with van der Waals surface area (Å²) in [7, 11) is -3.34. The largest absolute Gasteiger partial charge is 0.390 e.